The van der Waals surface area contributed by atoms with Crippen molar-refractivity contribution in [1.82, 2.24) is 4.72 Å². The number of benzene rings is 2. The van der Waals surface area contributed by atoms with E-state index < -0.39 is 28.3 Å². The Labute approximate surface area is 144 Å². The van der Waals surface area contributed by atoms with Crippen LogP contribution in [-0.2, 0) is 14.8 Å². The van der Waals surface area contributed by atoms with Gasteiger partial charge in [0.1, 0.15) is 5.82 Å². The molecule has 0 aliphatic heterocycles. The average molecular weight is 371 g/mol. The van der Waals surface area contributed by atoms with Crippen LogP contribution in [0.1, 0.15) is 11.1 Å². The van der Waals surface area contributed by atoms with Gasteiger partial charge in [-0.05, 0) is 43.2 Å². The maximum atomic E-state index is 13.1. The summed E-state index contributed by atoms with van der Waals surface area (Å²) < 4.78 is 39.5. The fraction of sp³-hybridized carbons (Fsp3) is 0.188. The molecule has 0 bridgehead atoms. The lowest BCUT2D eigenvalue weighted by molar-refractivity contribution is -0.115. The second kappa shape index (κ2) is 7.29. The summed E-state index contributed by atoms with van der Waals surface area (Å²) in [6, 6.07) is 8.56. The molecule has 1 amide bonds. The Balaban J connectivity index is 2.06. The van der Waals surface area contributed by atoms with Gasteiger partial charge in [0.15, 0.2) is 0 Å². The molecule has 2 rings (SSSR count). The van der Waals surface area contributed by atoms with Gasteiger partial charge in [0.05, 0.1) is 16.5 Å². The summed E-state index contributed by atoms with van der Waals surface area (Å²) in [5.41, 5.74) is 2.39. The van der Waals surface area contributed by atoms with Crippen molar-refractivity contribution in [2.45, 2.75) is 18.7 Å². The Morgan fingerprint density at radius 3 is 2.38 bits per heavy atom. The molecule has 0 atom stereocenters. The number of nitrogens with one attached hydrogen (secondary N) is 2. The average Bonchev–Trinajstić information content (AvgIpc) is 2.52. The molecule has 2 aromatic rings. The minimum absolute atomic E-state index is 0.214. The Hall–Kier alpha value is -1.96. The first-order valence-electron chi connectivity index (χ1n) is 7.01. The topological polar surface area (TPSA) is 75.3 Å². The smallest absolute Gasteiger partial charge is 0.241 e. The summed E-state index contributed by atoms with van der Waals surface area (Å²) >= 11 is 5.58. The highest BCUT2D eigenvalue weighted by Gasteiger charge is 2.17. The van der Waals surface area contributed by atoms with E-state index in [1.54, 1.807) is 0 Å². The van der Waals surface area contributed by atoms with Gasteiger partial charge in [0, 0.05) is 5.69 Å². The summed E-state index contributed by atoms with van der Waals surface area (Å²) in [4.78, 5) is 11.8. The molecule has 0 unspecified atom stereocenters. The molecule has 8 heteroatoms. The van der Waals surface area contributed by atoms with Crippen LogP contribution in [0.3, 0.4) is 0 Å². The molecule has 128 valence electrons. The molecule has 0 aliphatic rings. The van der Waals surface area contributed by atoms with Crippen molar-refractivity contribution >= 4 is 33.2 Å². The standard InChI is InChI=1S/C16H16ClFN2O3S/c1-10-4-3-5-11(2)16(10)20-15(21)9-19-24(22,23)12-6-7-14(18)13(17)8-12/h3-8,19H,9H2,1-2H3,(H,20,21). The fourth-order valence-electron chi connectivity index (χ4n) is 2.08. The maximum Gasteiger partial charge on any atom is 0.241 e. The summed E-state index contributed by atoms with van der Waals surface area (Å²) in [5.74, 6) is -1.23. The van der Waals surface area contributed by atoms with E-state index in [-0.39, 0.29) is 9.92 Å². The Morgan fingerprint density at radius 2 is 1.79 bits per heavy atom. The molecular weight excluding hydrogens is 355 g/mol. The van der Waals surface area contributed by atoms with Crippen molar-refractivity contribution in [2.24, 2.45) is 0 Å². The van der Waals surface area contributed by atoms with Crippen molar-refractivity contribution in [3.63, 3.8) is 0 Å². The molecule has 0 aliphatic carbocycles. The van der Waals surface area contributed by atoms with E-state index in [9.17, 15) is 17.6 Å². The number of rotatable bonds is 5. The lowest BCUT2D eigenvalue weighted by Gasteiger charge is -2.12. The van der Waals surface area contributed by atoms with E-state index in [1.807, 2.05) is 32.0 Å². The molecule has 5 nitrogen and oxygen atoms in total. The highest BCUT2D eigenvalue weighted by molar-refractivity contribution is 7.89. The van der Waals surface area contributed by atoms with Crippen LogP contribution < -0.4 is 10.0 Å². The zero-order chi connectivity index (χ0) is 17.9. The van der Waals surface area contributed by atoms with E-state index >= 15 is 0 Å². The first kappa shape index (κ1) is 18.4. The van der Waals surface area contributed by atoms with Crippen LogP contribution in [0.25, 0.3) is 0 Å². The highest BCUT2D eigenvalue weighted by atomic mass is 35.5. The lowest BCUT2D eigenvalue weighted by atomic mass is 10.1. The quantitative estimate of drug-likeness (QED) is 0.849. The summed E-state index contributed by atoms with van der Waals surface area (Å²) in [7, 11) is -3.97. The maximum absolute atomic E-state index is 13.1. The van der Waals surface area contributed by atoms with Crippen molar-refractivity contribution < 1.29 is 17.6 Å². The Kier molecular flexibility index (Phi) is 5.58. The number of para-hydroxylation sites is 1. The van der Waals surface area contributed by atoms with Crippen molar-refractivity contribution in [3.05, 3.63) is 58.4 Å². The van der Waals surface area contributed by atoms with E-state index in [4.69, 9.17) is 11.6 Å². The van der Waals surface area contributed by atoms with Crippen LogP contribution in [-0.4, -0.2) is 20.9 Å². The second-order valence-electron chi connectivity index (χ2n) is 5.22. The molecule has 2 N–H and O–H groups in total. The molecule has 0 heterocycles. The molecule has 0 saturated heterocycles. The van der Waals surface area contributed by atoms with Crippen LogP contribution in [0.5, 0.6) is 0 Å². The predicted molar refractivity (Wildman–Crippen MR) is 91.1 cm³/mol. The second-order valence-corrected chi connectivity index (χ2v) is 7.39. The van der Waals surface area contributed by atoms with Crippen LogP contribution in [0.15, 0.2) is 41.3 Å². The number of sulfonamides is 1. The van der Waals surface area contributed by atoms with Gasteiger partial charge < -0.3 is 5.32 Å². The first-order chi connectivity index (χ1) is 11.2. The third kappa shape index (κ3) is 4.31. The van der Waals surface area contributed by atoms with Gasteiger partial charge in [-0.25, -0.2) is 17.5 Å². The number of hydrogen-bond donors (Lipinski definition) is 2. The van der Waals surface area contributed by atoms with Crippen LogP contribution in [0.2, 0.25) is 5.02 Å². The predicted octanol–water partition coefficient (Wildman–Crippen LogP) is 3.01. The summed E-state index contributed by atoms with van der Waals surface area (Å²) in [6.45, 7) is 3.23. The van der Waals surface area contributed by atoms with Gasteiger partial charge in [-0.2, -0.15) is 0 Å². The largest absolute Gasteiger partial charge is 0.324 e. The monoisotopic (exact) mass is 370 g/mol. The SMILES string of the molecule is Cc1cccc(C)c1NC(=O)CNS(=O)(=O)c1ccc(F)c(Cl)c1. The lowest BCUT2D eigenvalue weighted by Crippen LogP contribution is -2.33. The van der Waals surface area contributed by atoms with Crippen LogP contribution >= 0.6 is 11.6 Å². The normalized spacial score (nSPS) is 11.3. The molecule has 2 aromatic carbocycles. The van der Waals surface area contributed by atoms with Gasteiger partial charge in [0.2, 0.25) is 15.9 Å². The fourth-order valence-corrected chi connectivity index (χ4v) is 3.34. The number of carbonyl (C=O) groups is 1. The number of hydrogen-bond acceptors (Lipinski definition) is 3. The third-order valence-corrected chi connectivity index (χ3v) is 5.06. The highest BCUT2D eigenvalue weighted by Crippen LogP contribution is 2.20. The van der Waals surface area contributed by atoms with Crippen molar-refractivity contribution in [1.29, 1.82) is 0 Å². The number of anilines is 1. The summed E-state index contributed by atoms with van der Waals surface area (Å²) in [5, 5.41) is 2.36. The van der Waals surface area contributed by atoms with Crippen molar-refractivity contribution in [3.8, 4) is 0 Å². The van der Waals surface area contributed by atoms with Gasteiger partial charge in [-0.15, -0.1) is 0 Å². The number of aryl methyl sites for hydroxylation is 2. The molecule has 0 fully saturated rings. The number of halogens is 2. The third-order valence-electron chi connectivity index (χ3n) is 3.37. The van der Waals surface area contributed by atoms with Gasteiger partial charge in [-0.3, -0.25) is 4.79 Å². The number of carbonyl (C=O) groups excluding carboxylic acids is 1. The van der Waals surface area contributed by atoms with E-state index in [1.165, 1.54) is 0 Å². The van der Waals surface area contributed by atoms with Crippen LogP contribution in [0, 0.1) is 19.7 Å². The molecule has 24 heavy (non-hydrogen) atoms. The van der Waals surface area contributed by atoms with Crippen molar-refractivity contribution in [2.75, 3.05) is 11.9 Å². The van der Waals surface area contributed by atoms with Gasteiger partial charge in [-0.1, -0.05) is 29.8 Å². The zero-order valence-electron chi connectivity index (χ0n) is 13.1. The van der Waals surface area contributed by atoms with Gasteiger partial charge >= 0.3 is 0 Å². The molecule has 0 spiro atoms. The van der Waals surface area contributed by atoms with Crippen LogP contribution in [0.4, 0.5) is 10.1 Å². The van der Waals surface area contributed by atoms with Gasteiger partial charge in [0.25, 0.3) is 0 Å². The number of amides is 1. The summed E-state index contributed by atoms with van der Waals surface area (Å²) in [6.07, 6.45) is 0. The molecule has 0 aromatic heterocycles. The molecular formula is C16H16ClFN2O3S. The van der Waals surface area contributed by atoms with E-state index in [0.717, 1.165) is 29.3 Å². The molecule has 0 radical (unpaired) electrons. The van der Waals surface area contributed by atoms with E-state index in [2.05, 4.69) is 10.0 Å². The minimum Gasteiger partial charge on any atom is -0.324 e. The molecule has 0 saturated carbocycles. The zero-order valence-corrected chi connectivity index (χ0v) is 14.6. The Bertz CT molecular complexity index is 865. The Morgan fingerprint density at radius 1 is 1.17 bits per heavy atom. The first-order valence-corrected chi connectivity index (χ1v) is 8.87. The minimum atomic E-state index is -3.97. The van der Waals surface area contributed by atoms with E-state index in [0.29, 0.717) is 5.69 Å².